The minimum Gasteiger partial charge on any atom is -0.470 e. The van der Waals surface area contributed by atoms with E-state index in [4.69, 9.17) is 21.1 Å². The predicted molar refractivity (Wildman–Crippen MR) is 109 cm³/mol. The van der Waals surface area contributed by atoms with Gasteiger partial charge in [-0.05, 0) is 43.2 Å². The van der Waals surface area contributed by atoms with Gasteiger partial charge in [-0.25, -0.2) is 4.79 Å². The number of amides is 1. The Hall–Kier alpha value is -3.32. The molecule has 0 saturated heterocycles. The van der Waals surface area contributed by atoms with E-state index in [1.54, 1.807) is 37.3 Å². The fraction of sp³-hybridized carbons (Fsp3) is 0.190. The molecule has 0 atom stereocenters. The third kappa shape index (κ3) is 4.94. The maximum absolute atomic E-state index is 12.4. The second kappa shape index (κ2) is 8.79. The van der Waals surface area contributed by atoms with E-state index in [1.807, 2.05) is 19.1 Å². The predicted octanol–water partition coefficient (Wildman–Crippen LogP) is 3.36. The molecule has 1 heterocycles. The number of hydrogen-bond donors (Lipinski definition) is 2. The van der Waals surface area contributed by atoms with Crippen LogP contribution in [0.4, 0.5) is 11.4 Å². The summed E-state index contributed by atoms with van der Waals surface area (Å²) >= 11 is 6.16. The van der Waals surface area contributed by atoms with Crippen LogP contribution in [-0.2, 0) is 23.9 Å². The second-order valence-corrected chi connectivity index (χ2v) is 6.88. The fourth-order valence-corrected chi connectivity index (χ4v) is 3.19. The van der Waals surface area contributed by atoms with Crippen LogP contribution in [0.2, 0.25) is 5.02 Å². The van der Waals surface area contributed by atoms with Crippen LogP contribution >= 0.6 is 11.6 Å². The second-order valence-electron chi connectivity index (χ2n) is 6.47. The first-order valence-corrected chi connectivity index (χ1v) is 9.19. The maximum Gasteiger partial charge on any atom is 0.347 e. The van der Waals surface area contributed by atoms with E-state index in [-0.39, 0.29) is 18.1 Å². The minimum atomic E-state index is -0.937. The molecule has 3 rings (SSSR count). The average molecular weight is 415 g/mol. The molecule has 0 radical (unpaired) electrons. The summed E-state index contributed by atoms with van der Waals surface area (Å²) in [6, 6.07) is 12.5. The average Bonchev–Trinajstić information content (AvgIpc) is 3.03. The van der Waals surface area contributed by atoms with Crippen molar-refractivity contribution in [1.29, 1.82) is 0 Å². The zero-order chi connectivity index (χ0) is 21.0. The number of halogens is 1. The van der Waals surface area contributed by atoms with Gasteiger partial charge in [0.1, 0.15) is 0 Å². The number of nitrogens with one attached hydrogen (secondary N) is 2. The number of para-hydroxylation sites is 1. The Morgan fingerprint density at radius 1 is 1.17 bits per heavy atom. The lowest BCUT2D eigenvalue weighted by molar-refractivity contribution is -0.144. The summed E-state index contributed by atoms with van der Waals surface area (Å²) < 4.78 is 10.3. The number of carbonyl (C=O) groups is 3. The topological polar surface area (TPSA) is 93.7 Å². The molecule has 1 amide bonds. The van der Waals surface area contributed by atoms with Crippen LogP contribution < -0.4 is 10.6 Å². The molecule has 2 N–H and O–H groups in total. The highest BCUT2D eigenvalue weighted by Crippen LogP contribution is 2.27. The summed E-state index contributed by atoms with van der Waals surface area (Å²) in [5, 5.41) is 5.87. The Labute approximate surface area is 172 Å². The van der Waals surface area contributed by atoms with Gasteiger partial charge in [0.05, 0.1) is 10.7 Å². The Bertz CT molecular complexity index is 978. The van der Waals surface area contributed by atoms with Crippen molar-refractivity contribution < 1.29 is 23.9 Å². The Morgan fingerprint density at radius 3 is 2.59 bits per heavy atom. The van der Waals surface area contributed by atoms with E-state index in [2.05, 4.69) is 10.6 Å². The zero-order valence-electron chi connectivity index (χ0n) is 15.9. The van der Waals surface area contributed by atoms with E-state index in [0.29, 0.717) is 16.4 Å². The number of aryl methyl sites for hydroxylation is 2. The van der Waals surface area contributed by atoms with Crippen LogP contribution in [0.15, 0.2) is 53.9 Å². The number of esters is 1. The van der Waals surface area contributed by atoms with Gasteiger partial charge in [-0.15, -0.1) is 0 Å². The number of carbonyl (C=O) groups excluding carboxylic acids is 3. The molecule has 2 aromatic carbocycles. The molecule has 150 valence electrons. The van der Waals surface area contributed by atoms with Crippen molar-refractivity contribution in [3.8, 4) is 0 Å². The first kappa shape index (κ1) is 20.4. The normalized spacial score (nSPS) is 13.1. The summed E-state index contributed by atoms with van der Waals surface area (Å²) in [5.74, 6) is -2.03. The van der Waals surface area contributed by atoms with Crippen LogP contribution in [0.5, 0.6) is 0 Å². The van der Waals surface area contributed by atoms with Crippen LogP contribution in [0.1, 0.15) is 11.1 Å². The molecule has 0 bridgehead atoms. The quantitative estimate of drug-likeness (QED) is 0.556. The lowest BCUT2D eigenvalue weighted by Crippen LogP contribution is -2.24. The van der Waals surface area contributed by atoms with Gasteiger partial charge in [0.15, 0.2) is 18.8 Å². The molecule has 7 nitrogen and oxygen atoms in total. The van der Waals surface area contributed by atoms with E-state index < -0.39 is 24.3 Å². The molecule has 29 heavy (non-hydrogen) atoms. The van der Waals surface area contributed by atoms with E-state index in [9.17, 15) is 14.4 Å². The molecule has 1 aliphatic rings. The molecule has 0 spiro atoms. The van der Waals surface area contributed by atoms with E-state index in [1.165, 1.54) is 0 Å². The summed E-state index contributed by atoms with van der Waals surface area (Å²) in [4.78, 5) is 36.6. The Balaban J connectivity index is 1.65. The lowest BCUT2D eigenvalue weighted by Gasteiger charge is -2.12. The summed E-state index contributed by atoms with van der Waals surface area (Å²) in [7, 11) is 0. The van der Waals surface area contributed by atoms with Crippen LogP contribution in [0.25, 0.3) is 0 Å². The smallest absolute Gasteiger partial charge is 0.347 e. The van der Waals surface area contributed by atoms with Gasteiger partial charge >= 0.3 is 5.97 Å². The minimum absolute atomic E-state index is 0.00373. The van der Waals surface area contributed by atoms with Gasteiger partial charge in [-0.2, -0.15) is 0 Å². The molecule has 0 aliphatic carbocycles. The lowest BCUT2D eigenvalue weighted by atomic mass is 10.1. The van der Waals surface area contributed by atoms with Crippen molar-refractivity contribution in [2.45, 2.75) is 13.8 Å². The summed E-state index contributed by atoms with van der Waals surface area (Å²) in [6.45, 7) is 2.85. The third-order valence-electron chi connectivity index (χ3n) is 4.12. The highest BCUT2D eigenvalue weighted by atomic mass is 35.5. The van der Waals surface area contributed by atoms with Crippen molar-refractivity contribution >= 4 is 40.6 Å². The molecule has 0 unspecified atom stereocenters. The van der Waals surface area contributed by atoms with Gasteiger partial charge in [-0.1, -0.05) is 35.9 Å². The van der Waals surface area contributed by atoms with E-state index in [0.717, 1.165) is 11.1 Å². The van der Waals surface area contributed by atoms with Crippen LogP contribution in [0.3, 0.4) is 0 Å². The number of ketones is 1. The number of rotatable bonds is 6. The molecule has 1 aliphatic heterocycles. The number of ether oxygens (including phenoxy) is 2. The number of Topliss-reactive ketones (excluding diaryl/α,β-unsaturated/α-hetero) is 1. The van der Waals surface area contributed by atoms with Crippen molar-refractivity contribution in [2.75, 3.05) is 23.8 Å². The van der Waals surface area contributed by atoms with Gasteiger partial charge in [0.25, 0.3) is 5.91 Å². The highest BCUT2D eigenvalue weighted by molar-refractivity contribution is 6.34. The van der Waals surface area contributed by atoms with Gasteiger partial charge in [0.2, 0.25) is 11.7 Å². The molecule has 0 fully saturated rings. The Morgan fingerprint density at radius 2 is 1.90 bits per heavy atom. The number of hydrogen-bond acceptors (Lipinski definition) is 6. The monoisotopic (exact) mass is 414 g/mol. The molecule has 2 aromatic rings. The standard InChI is InChI=1S/C21H19ClN2O5/c1-12-8-13(2)19(15(22)9-12)24-17(26)11-29-21(27)18-16(25)10-28-20(18)23-14-6-4-3-5-7-14/h3-9,23H,10-11H2,1-2H3,(H,24,26). The summed E-state index contributed by atoms with van der Waals surface area (Å²) in [5.41, 5.74) is 2.58. The van der Waals surface area contributed by atoms with Crippen molar-refractivity contribution in [2.24, 2.45) is 0 Å². The first-order valence-electron chi connectivity index (χ1n) is 8.81. The highest BCUT2D eigenvalue weighted by Gasteiger charge is 2.33. The fourth-order valence-electron chi connectivity index (χ4n) is 2.82. The number of benzene rings is 2. The Kier molecular flexibility index (Phi) is 6.19. The van der Waals surface area contributed by atoms with Gasteiger partial charge < -0.3 is 20.1 Å². The zero-order valence-corrected chi connectivity index (χ0v) is 16.6. The molecule has 0 saturated carbocycles. The molecular formula is C21H19ClN2O5. The SMILES string of the molecule is Cc1cc(C)c(NC(=O)COC(=O)C2=C(Nc3ccccc3)OCC2=O)c(Cl)c1. The van der Waals surface area contributed by atoms with Crippen molar-refractivity contribution in [3.63, 3.8) is 0 Å². The molecular weight excluding hydrogens is 396 g/mol. The number of anilines is 2. The summed E-state index contributed by atoms with van der Waals surface area (Å²) in [6.07, 6.45) is 0. The largest absolute Gasteiger partial charge is 0.470 e. The molecule has 8 heteroatoms. The maximum atomic E-state index is 12.4. The van der Waals surface area contributed by atoms with Crippen LogP contribution in [0, 0.1) is 13.8 Å². The van der Waals surface area contributed by atoms with Gasteiger partial charge in [-0.3, -0.25) is 9.59 Å². The van der Waals surface area contributed by atoms with Crippen molar-refractivity contribution in [1.82, 2.24) is 0 Å². The van der Waals surface area contributed by atoms with Crippen molar-refractivity contribution in [3.05, 3.63) is 70.1 Å². The van der Waals surface area contributed by atoms with Gasteiger partial charge in [0, 0.05) is 5.69 Å². The third-order valence-corrected chi connectivity index (χ3v) is 4.42. The van der Waals surface area contributed by atoms with E-state index >= 15 is 0 Å². The first-order chi connectivity index (χ1) is 13.8. The molecule has 0 aromatic heterocycles. The van der Waals surface area contributed by atoms with Crippen LogP contribution in [-0.4, -0.2) is 30.9 Å².